The summed E-state index contributed by atoms with van der Waals surface area (Å²) in [7, 11) is -3.72. The summed E-state index contributed by atoms with van der Waals surface area (Å²) in [5.41, 5.74) is -0.270. The third-order valence-electron chi connectivity index (χ3n) is 1.73. The number of nitrogens with zero attached hydrogens (tertiary/aromatic N) is 1. The Morgan fingerprint density at radius 3 is 2.69 bits per heavy atom. The predicted molar refractivity (Wildman–Crippen MR) is 59.0 cm³/mol. The number of nitrogens with one attached hydrogen (secondary N) is 1. The van der Waals surface area contributed by atoms with E-state index in [4.69, 9.17) is 11.6 Å². The molecule has 0 spiro atoms. The molecule has 0 atom stereocenters. The van der Waals surface area contributed by atoms with Gasteiger partial charge in [-0.1, -0.05) is 6.07 Å². The zero-order valence-electron chi connectivity index (χ0n) is 8.09. The maximum absolute atomic E-state index is 11.6. The highest BCUT2D eigenvalue weighted by atomic mass is 35.5. The van der Waals surface area contributed by atoms with Crippen LogP contribution < -0.4 is 4.72 Å². The zero-order chi connectivity index (χ0) is 12.2. The number of halogens is 1. The molecule has 0 unspecified atom stereocenters. The smallest absolute Gasteiger partial charge is 0.258 e. The third-order valence-corrected chi connectivity index (χ3v) is 3.37. The molecule has 1 rings (SSSR count). The summed E-state index contributed by atoms with van der Waals surface area (Å²) in [6.45, 7) is 0.0760. The fourth-order valence-corrected chi connectivity index (χ4v) is 2.30. The Morgan fingerprint density at radius 2 is 2.12 bits per heavy atom. The normalized spacial score (nSPS) is 11.3. The van der Waals surface area contributed by atoms with Crippen molar-refractivity contribution in [1.29, 1.82) is 0 Å². The van der Waals surface area contributed by atoms with E-state index in [0.29, 0.717) is 0 Å². The standard InChI is InChI=1S/C8H9ClN2O4S/c9-4-5-10-16(14,15)8-3-1-2-7(6-8)11(12)13/h1-3,6,10H,4-5H2. The van der Waals surface area contributed by atoms with Gasteiger partial charge in [-0.2, -0.15) is 0 Å². The highest BCUT2D eigenvalue weighted by molar-refractivity contribution is 7.89. The predicted octanol–water partition coefficient (Wildman–Crippen LogP) is 1.11. The quantitative estimate of drug-likeness (QED) is 0.490. The Balaban J connectivity index is 3.04. The van der Waals surface area contributed by atoms with Crippen molar-refractivity contribution in [3.05, 3.63) is 34.4 Å². The number of nitro groups is 1. The van der Waals surface area contributed by atoms with Crippen molar-refractivity contribution >= 4 is 27.3 Å². The van der Waals surface area contributed by atoms with E-state index in [2.05, 4.69) is 4.72 Å². The van der Waals surface area contributed by atoms with Crippen LogP contribution in [0.5, 0.6) is 0 Å². The number of hydrogen-bond acceptors (Lipinski definition) is 4. The van der Waals surface area contributed by atoms with Crippen LogP contribution in [0.4, 0.5) is 5.69 Å². The number of non-ortho nitro benzene ring substituents is 1. The highest BCUT2D eigenvalue weighted by Crippen LogP contribution is 2.16. The summed E-state index contributed by atoms with van der Waals surface area (Å²) in [5.74, 6) is 0.133. The molecule has 0 heterocycles. The molecule has 0 saturated heterocycles. The molecule has 1 aromatic carbocycles. The molecular formula is C8H9ClN2O4S. The summed E-state index contributed by atoms with van der Waals surface area (Å²) >= 11 is 5.34. The van der Waals surface area contributed by atoms with Crippen LogP contribution in [0.3, 0.4) is 0 Å². The molecular weight excluding hydrogens is 256 g/mol. The van der Waals surface area contributed by atoms with E-state index in [-0.39, 0.29) is 23.0 Å². The van der Waals surface area contributed by atoms with Crippen LogP contribution in [0.25, 0.3) is 0 Å². The molecule has 0 fully saturated rings. The Kier molecular flexibility index (Phi) is 4.22. The van der Waals surface area contributed by atoms with Gasteiger partial charge in [0.25, 0.3) is 5.69 Å². The number of sulfonamides is 1. The second-order valence-corrected chi connectivity index (χ2v) is 4.99. The summed E-state index contributed by atoms with van der Waals surface area (Å²) in [6.07, 6.45) is 0. The van der Waals surface area contributed by atoms with Crippen LogP contribution >= 0.6 is 11.6 Å². The fourth-order valence-electron chi connectivity index (χ4n) is 1.02. The van der Waals surface area contributed by atoms with Crippen molar-refractivity contribution in [2.45, 2.75) is 4.90 Å². The highest BCUT2D eigenvalue weighted by Gasteiger charge is 2.16. The van der Waals surface area contributed by atoms with Gasteiger partial charge in [0.15, 0.2) is 0 Å². The minimum absolute atomic E-state index is 0.0760. The van der Waals surface area contributed by atoms with Gasteiger partial charge in [0.05, 0.1) is 9.82 Å². The Morgan fingerprint density at radius 1 is 1.44 bits per heavy atom. The number of alkyl halides is 1. The maximum Gasteiger partial charge on any atom is 0.270 e. The van der Waals surface area contributed by atoms with Crippen molar-refractivity contribution < 1.29 is 13.3 Å². The van der Waals surface area contributed by atoms with Gasteiger partial charge in [0.1, 0.15) is 0 Å². The molecule has 0 bridgehead atoms. The van der Waals surface area contributed by atoms with Gasteiger partial charge in [0, 0.05) is 24.6 Å². The summed E-state index contributed by atoms with van der Waals surface area (Å²) in [4.78, 5) is 9.66. The first kappa shape index (κ1) is 12.9. The number of hydrogen-bond donors (Lipinski definition) is 1. The number of nitro benzene ring substituents is 1. The van der Waals surface area contributed by atoms with Crippen LogP contribution in [-0.2, 0) is 10.0 Å². The monoisotopic (exact) mass is 264 g/mol. The summed E-state index contributed by atoms with van der Waals surface area (Å²) < 4.78 is 25.4. The van der Waals surface area contributed by atoms with Crippen molar-refractivity contribution in [3.63, 3.8) is 0 Å². The molecule has 0 amide bonds. The van der Waals surface area contributed by atoms with Gasteiger partial charge in [-0.05, 0) is 6.07 Å². The lowest BCUT2D eigenvalue weighted by Crippen LogP contribution is -2.25. The number of rotatable bonds is 5. The molecule has 0 saturated carbocycles. The lowest BCUT2D eigenvalue weighted by atomic mass is 10.3. The van der Waals surface area contributed by atoms with Gasteiger partial charge in [-0.15, -0.1) is 11.6 Å². The van der Waals surface area contributed by atoms with Gasteiger partial charge in [-0.3, -0.25) is 10.1 Å². The van der Waals surface area contributed by atoms with E-state index < -0.39 is 14.9 Å². The van der Waals surface area contributed by atoms with E-state index in [1.165, 1.54) is 18.2 Å². The first-order valence-corrected chi connectivity index (χ1v) is 6.29. The lowest BCUT2D eigenvalue weighted by Gasteiger charge is -2.04. The Bertz CT molecular complexity index is 489. The maximum atomic E-state index is 11.6. The minimum atomic E-state index is -3.72. The van der Waals surface area contributed by atoms with Gasteiger partial charge < -0.3 is 0 Å². The fraction of sp³-hybridized carbons (Fsp3) is 0.250. The largest absolute Gasteiger partial charge is 0.270 e. The van der Waals surface area contributed by atoms with E-state index in [9.17, 15) is 18.5 Å². The molecule has 16 heavy (non-hydrogen) atoms. The van der Waals surface area contributed by atoms with Crippen molar-refractivity contribution in [2.75, 3.05) is 12.4 Å². The van der Waals surface area contributed by atoms with E-state index in [1.807, 2.05) is 0 Å². The van der Waals surface area contributed by atoms with Crippen LogP contribution in [-0.4, -0.2) is 25.8 Å². The van der Waals surface area contributed by atoms with E-state index in [1.54, 1.807) is 0 Å². The molecule has 0 aliphatic rings. The Labute approximate surface area is 97.4 Å². The van der Waals surface area contributed by atoms with Crippen LogP contribution in [0, 0.1) is 10.1 Å². The molecule has 6 nitrogen and oxygen atoms in total. The Hall–Kier alpha value is -1.18. The topological polar surface area (TPSA) is 89.3 Å². The number of benzene rings is 1. The van der Waals surface area contributed by atoms with Gasteiger partial charge in [0.2, 0.25) is 10.0 Å². The first-order valence-electron chi connectivity index (χ1n) is 4.27. The zero-order valence-corrected chi connectivity index (χ0v) is 9.66. The average Bonchev–Trinajstić information content (AvgIpc) is 2.26. The molecule has 8 heteroatoms. The summed E-state index contributed by atoms with van der Waals surface area (Å²) in [6, 6.07) is 4.81. The minimum Gasteiger partial charge on any atom is -0.258 e. The lowest BCUT2D eigenvalue weighted by molar-refractivity contribution is -0.385. The second kappa shape index (κ2) is 5.24. The first-order chi connectivity index (χ1) is 7.47. The molecule has 1 aromatic rings. The van der Waals surface area contributed by atoms with E-state index in [0.717, 1.165) is 6.07 Å². The molecule has 0 aromatic heterocycles. The molecule has 0 radical (unpaired) electrons. The molecule has 88 valence electrons. The average molecular weight is 265 g/mol. The van der Waals surface area contributed by atoms with Crippen molar-refractivity contribution in [1.82, 2.24) is 4.72 Å². The van der Waals surface area contributed by atoms with E-state index >= 15 is 0 Å². The molecule has 0 aliphatic carbocycles. The van der Waals surface area contributed by atoms with Gasteiger partial charge >= 0.3 is 0 Å². The third kappa shape index (κ3) is 3.16. The van der Waals surface area contributed by atoms with Gasteiger partial charge in [-0.25, -0.2) is 13.1 Å². The van der Waals surface area contributed by atoms with Crippen molar-refractivity contribution in [3.8, 4) is 0 Å². The SMILES string of the molecule is O=[N+]([O-])c1cccc(S(=O)(=O)NCCCl)c1. The second-order valence-electron chi connectivity index (χ2n) is 2.84. The van der Waals surface area contributed by atoms with Crippen LogP contribution in [0.15, 0.2) is 29.2 Å². The van der Waals surface area contributed by atoms with Crippen LogP contribution in [0.1, 0.15) is 0 Å². The summed E-state index contributed by atoms with van der Waals surface area (Å²) in [5, 5.41) is 10.5. The molecule has 1 N–H and O–H groups in total. The van der Waals surface area contributed by atoms with Crippen molar-refractivity contribution in [2.24, 2.45) is 0 Å². The molecule has 0 aliphatic heterocycles. The van der Waals surface area contributed by atoms with Crippen LogP contribution in [0.2, 0.25) is 0 Å².